The van der Waals surface area contributed by atoms with Gasteiger partial charge in [-0.2, -0.15) is 0 Å². The molecule has 4 heteroatoms. The Kier molecular flexibility index (Phi) is 1.89. The van der Waals surface area contributed by atoms with Crippen LogP contribution in [0.5, 0.6) is 0 Å². The van der Waals surface area contributed by atoms with Crippen molar-refractivity contribution in [3.05, 3.63) is 16.1 Å². The van der Waals surface area contributed by atoms with Crippen LogP contribution in [0.1, 0.15) is 16.9 Å². The summed E-state index contributed by atoms with van der Waals surface area (Å²) in [6.07, 6.45) is -0.150. The van der Waals surface area contributed by atoms with E-state index < -0.39 is 0 Å². The maximum absolute atomic E-state index is 5.33. The van der Waals surface area contributed by atoms with E-state index in [1.165, 1.54) is 0 Å². The van der Waals surface area contributed by atoms with Gasteiger partial charge in [0.1, 0.15) is 0 Å². The van der Waals surface area contributed by atoms with Gasteiger partial charge in [0.15, 0.2) is 6.29 Å². The van der Waals surface area contributed by atoms with E-state index in [1.807, 2.05) is 12.4 Å². The van der Waals surface area contributed by atoms with Crippen molar-refractivity contribution in [2.45, 2.75) is 13.2 Å². The van der Waals surface area contributed by atoms with Crippen molar-refractivity contribution in [2.24, 2.45) is 0 Å². The van der Waals surface area contributed by atoms with Crippen molar-refractivity contribution >= 4 is 11.3 Å². The fourth-order valence-corrected chi connectivity index (χ4v) is 1.84. The molecule has 1 aliphatic rings. The average molecular weight is 171 g/mol. The van der Waals surface area contributed by atoms with E-state index in [0.29, 0.717) is 13.2 Å². The van der Waals surface area contributed by atoms with E-state index in [-0.39, 0.29) is 6.29 Å². The van der Waals surface area contributed by atoms with Crippen molar-refractivity contribution in [2.75, 3.05) is 13.2 Å². The number of aryl methyl sites for hydroxylation is 1. The topological polar surface area (TPSA) is 31.4 Å². The normalized spacial score (nSPS) is 19.4. The van der Waals surface area contributed by atoms with Crippen molar-refractivity contribution in [3.63, 3.8) is 0 Å². The number of nitrogens with zero attached hydrogens (tertiary/aromatic N) is 1. The molecule has 2 rings (SSSR count). The van der Waals surface area contributed by atoms with Crippen molar-refractivity contribution in [3.8, 4) is 0 Å². The number of aromatic nitrogens is 1. The third-order valence-corrected chi connectivity index (χ3v) is 2.57. The lowest BCUT2D eigenvalue weighted by molar-refractivity contribution is -0.0418. The molecule has 0 aromatic carbocycles. The summed E-state index contributed by atoms with van der Waals surface area (Å²) in [6.45, 7) is 3.36. The van der Waals surface area contributed by atoms with E-state index in [2.05, 4.69) is 4.98 Å². The molecule has 0 N–H and O–H groups in total. The first kappa shape index (κ1) is 7.21. The van der Waals surface area contributed by atoms with E-state index in [0.717, 1.165) is 10.6 Å². The van der Waals surface area contributed by atoms with Gasteiger partial charge in [0.2, 0.25) is 0 Å². The average Bonchev–Trinajstić information content (AvgIpc) is 2.55. The molecule has 0 saturated carbocycles. The van der Waals surface area contributed by atoms with Crippen LogP contribution in [0.3, 0.4) is 0 Å². The van der Waals surface area contributed by atoms with Crippen LogP contribution in [0.4, 0.5) is 0 Å². The Labute approximate surface area is 69.0 Å². The summed E-state index contributed by atoms with van der Waals surface area (Å²) >= 11 is 1.59. The monoisotopic (exact) mass is 171 g/mol. The Balaban J connectivity index is 2.21. The molecule has 1 aromatic rings. The fraction of sp³-hybridized carbons (Fsp3) is 0.571. The molecule has 0 atom stereocenters. The van der Waals surface area contributed by atoms with Gasteiger partial charge in [-0.05, 0) is 6.92 Å². The summed E-state index contributed by atoms with van der Waals surface area (Å²) < 4.78 is 10.7. The molecular weight excluding hydrogens is 162 g/mol. The molecule has 0 unspecified atom stereocenters. The minimum absolute atomic E-state index is 0.150. The molecule has 0 radical (unpaired) electrons. The predicted octanol–water partition coefficient (Wildman–Crippen LogP) is 1.50. The van der Waals surface area contributed by atoms with Crippen LogP contribution in [0.2, 0.25) is 0 Å². The SMILES string of the molecule is Cc1ncsc1C1OCCO1. The zero-order valence-corrected chi connectivity index (χ0v) is 7.06. The lowest BCUT2D eigenvalue weighted by atomic mass is 10.4. The van der Waals surface area contributed by atoms with E-state index >= 15 is 0 Å². The van der Waals surface area contributed by atoms with Crippen LogP contribution in [0.15, 0.2) is 5.51 Å². The second-order valence-corrected chi connectivity index (χ2v) is 3.26. The molecule has 0 bridgehead atoms. The second kappa shape index (κ2) is 2.89. The highest BCUT2D eigenvalue weighted by Gasteiger charge is 2.21. The maximum Gasteiger partial charge on any atom is 0.195 e. The first-order chi connectivity index (χ1) is 5.38. The number of hydrogen-bond acceptors (Lipinski definition) is 4. The Morgan fingerprint density at radius 2 is 2.27 bits per heavy atom. The van der Waals surface area contributed by atoms with Crippen molar-refractivity contribution in [1.29, 1.82) is 0 Å². The highest BCUT2D eigenvalue weighted by molar-refractivity contribution is 7.09. The number of rotatable bonds is 1. The summed E-state index contributed by atoms with van der Waals surface area (Å²) in [6, 6.07) is 0. The van der Waals surface area contributed by atoms with E-state index in [9.17, 15) is 0 Å². The summed E-state index contributed by atoms with van der Waals surface area (Å²) in [5.41, 5.74) is 2.83. The summed E-state index contributed by atoms with van der Waals surface area (Å²) in [5.74, 6) is 0. The number of hydrogen-bond donors (Lipinski definition) is 0. The van der Waals surface area contributed by atoms with Gasteiger partial charge in [0.05, 0.1) is 29.3 Å². The zero-order valence-electron chi connectivity index (χ0n) is 6.24. The van der Waals surface area contributed by atoms with Crippen LogP contribution in [-0.4, -0.2) is 18.2 Å². The largest absolute Gasteiger partial charge is 0.345 e. The van der Waals surface area contributed by atoms with Crippen LogP contribution in [0.25, 0.3) is 0 Å². The van der Waals surface area contributed by atoms with Crippen LogP contribution >= 0.6 is 11.3 Å². The van der Waals surface area contributed by atoms with Crippen LogP contribution < -0.4 is 0 Å². The Morgan fingerprint density at radius 1 is 1.55 bits per heavy atom. The molecule has 2 heterocycles. The molecule has 1 fully saturated rings. The fourth-order valence-electron chi connectivity index (χ4n) is 1.05. The molecule has 0 spiro atoms. The smallest absolute Gasteiger partial charge is 0.195 e. The quantitative estimate of drug-likeness (QED) is 0.641. The summed E-state index contributed by atoms with van der Waals surface area (Å²) in [4.78, 5) is 5.22. The first-order valence-corrected chi connectivity index (χ1v) is 4.39. The first-order valence-electron chi connectivity index (χ1n) is 3.51. The van der Waals surface area contributed by atoms with Gasteiger partial charge in [-0.15, -0.1) is 11.3 Å². The Bertz CT molecular complexity index is 242. The molecule has 11 heavy (non-hydrogen) atoms. The Morgan fingerprint density at radius 3 is 2.82 bits per heavy atom. The standard InChI is InChI=1S/C7H9NO2S/c1-5-6(11-4-8-5)7-9-2-3-10-7/h4,7H,2-3H2,1H3. The molecule has 3 nitrogen and oxygen atoms in total. The third kappa shape index (κ3) is 1.29. The van der Waals surface area contributed by atoms with Crippen molar-refractivity contribution in [1.82, 2.24) is 4.98 Å². The zero-order chi connectivity index (χ0) is 7.68. The van der Waals surface area contributed by atoms with E-state index in [4.69, 9.17) is 9.47 Å². The molecular formula is C7H9NO2S. The van der Waals surface area contributed by atoms with Crippen LogP contribution in [-0.2, 0) is 9.47 Å². The second-order valence-electron chi connectivity index (χ2n) is 2.38. The van der Waals surface area contributed by atoms with Crippen molar-refractivity contribution < 1.29 is 9.47 Å². The molecule has 60 valence electrons. The van der Waals surface area contributed by atoms with Crippen LogP contribution in [0, 0.1) is 6.92 Å². The minimum atomic E-state index is -0.150. The maximum atomic E-state index is 5.33. The predicted molar refractivity (Wildman–Crippen MR) is 41.5 cm³/mol. The highest BCUT2D eigenvalue weighted by atomic mass is 32.1. The molecule has 1 saturated heterocycles. The van der Waals surface area contributed by atoms with Gasteiger partial charge < -0.3 is 9.47 Å². The van der Waals surface area contributed by atoms with Gasteiger partial charge >= 0.3 is 0 Å². The Hall–Kier alpha value is -0.450. The molecule has 0 amide bonds. The van der Waals surface area contributed by atoms with Gasteiger partial charge in [0.25, 0.3) is 0 Å². The lowest BCUT2D eigenvalue weighted by Gasteiger charge is -2.05. The lowest BCUT2D eigenvalue weighted by Crippen LogP contribution is -1.96. The van der Waals surface area contributed by atoms with E-state index in [1.54, 1.807) is 11.3 Å². The molecule has 1 aliphatic heterocycles. The number of ether oxygens (including phenoxy) is 2. The molecule has 0 aliphatic carbocycles. The third-order valence-electron chi connectivity index (χ3n) is 1.62. The van der Waals surface area contributed by atoms with Gasteiger partial charge in [-0.25, -0.2) is 4.98 Å². The molecule has 1 aromatic heterocycles. The van der Waals surface area contributed by atoms with Gasteiger partial charge in [-0.3, -0.25) is 0 Å². The van der Waals surface area contributed by atoms with Gasteiger partial charge in [0, 0.05) is 0 Å². The van der Waals surface area contributed by atoms with Gasteiger partial charge in [-0.1, -0.05) is 0 Å². The minimum Gasteiger partial charge on any atom is -0.345 e. The summed E-state index contributed by atoms with van der Waals surface area (Å²) in [7, 11) is 0. The highest BCUT2D eigenvalue weighted by Crippen LogP contribution is 2.28. The summed E-state index contributed by atoms with van der Waals surface area (Å²) in [5, 5.41) is 0. The number of thiazole rings is 1.